The molecule has 0 aliphatic heterocycles. The molecule has 1 aromatic rings. The number of hydrogen-bond donors (Lipinski definition) is 2. The van der Waals surface area contributed by atoms with E-state index < -0.39 is 12.0 Å². The highest BCUT2D eigenvalue weighted by Crippen LogP contribution is 2.22. The van der Waals surface area contributed by atoms with E-state index in [2.05, 4.69) is 21.2 Å². The van der Waals surface area contributed by atoms with Crippen molar-refractivity contribution in [3.63, 3.8) is 0 Å². The molecule has 16 heavy (non-hydrogen) atoms. The zero-order chi connectivity index (χ0) is 12.1. The van der Waals surface area contributed by atoms with E-state index in [4.69, 9.17) is 16.7 Å². The Balaban J connectivity index is 2.88. The summed E-state index contributed by atoms with van der Waals surface area (Å²) < 4.78 is 0.808. The lowest BCUT2D eigenvalue weighted by Gasteiger charge is -2.12. The van der Waals surface area contributed by atoms with E-state index in [1.165, 1.54) is 0 Å². The Kier molecular flexibility index (Phi) is 4.76. The maximum absolute atomic E-state index is 10.8. The quantitative estimate of drug-likeness (QED) is 0.816. The fraction of sp³-hybridized carbons (Fsp3) is 0.200. The van der Waals surface area contributed by atoms with Gasteiger partial charge in [0.25, 0.3) is 0 Å². The van der Waals surface area contributed by atoms with Gasteiger partial charge in [-0.2, -0.15) is 0 Å². The predicted molar refractivity (Wildman–Crippen MR) is 63.5 cm³/mol. The first-order valence-corrected chi connectivity index (χ1v) is 5.58. The first-order chi connectivity index (χ1) is 7.54. The molecule has 0 heterocycles. The summed E-state index contributed by atoms with van der Waals surface area (Å²) in [6, 6.07) is 4.18. The van der Waals surface area contributed by atoms with Crippen LogP contribution in [0.25, 0.3) is 0 Å². The highest BCUT2D eigenvalue weighted by Gasteiger charge is 2.18. The molecule has 0 aromatic heterocycles. The minimum absolute atomic E-state index is 0.145. The van der Waals surface area contributed by atoms with E-state index in [0.717, 1.165) is 4.47 Å². The summed E-state index contributed by atoms with van der Waals surface area (Å²) in [5.41, 5.74) is 0.665. The van der Waals surface area contributed by atoms with Crippen LogP contribution in [0.15, 0.2) is 22.7 Å². The van der Waals surface area contributed by atoms with Gasteiger partial charge in [0.05, 0.1) is 0 Å². The molecular weight excluding hydrogens is 297 g/mol. The van der Waals surface area contributed by atoms with Gasteiger partial charge in [-0.25, -0.2) is 4.79 Å². The van der Waals surface area contributed by atoms with Gasteiger partial charge in [0.2, 0.25) is 6.41 Å². The van der Waals surface area contributed by atoms with Gasteiger partial charge in [-0.1, -0.05) is 27.5 Å². The lowest BCUT2D eigenvalue weighted by atomic mass is 10.1. The Morgan fingerprint density at radius 1 is 1.62 bits per heavy atom. The van der Waals surface area contributed by atoms with Gasteiger partial charge in [0.1, 0.15) is 6.04 Å². The smallest absolute Gasteiger partial charge is 0.326 e. The maximum Gasteiger partial charge on any atom is 0.326 e. The van der Waals surface area contributed by atoms with Gasteiger partial charge < -0.3 is 10.4 Å². The third-order valence-electron chi connectivity index (χ3n) is 2.00. The van der Waals surface area contributed by atoms with Crippen LogP contribution in [0.1, 0.15) is 5.56 Å². The van der Waals surface area contributed by atoms with E-state index in [0.29, 0.717) is 17.0 Å². The van der Waals surface area contributed by atoms with Crippen LogP contribution in [-0.4, -0.2) is 23.5 Å². The summed E-state index contributed by atoms with van der Waals surface area (Å²) in [6.07, 6.45) is 0.511. The molecule has 0 aliphatic carbocycles. The molecule has 1 atom stereocenters. The van der Waals surface area contributed by atoms with E-state index in [-0.39, 0.29) is 6.42 Å². The molecule has 2 N–H and O–H groups in total. The van der Waals surface area contributed by atoms with E-state index in [1.54, 1.807) is 18.2 Å². The van der Waals surface area contributed by atoms with Crippen LogP contribution in [0.2, 0.25) is 5.02 Å². The zero-order valence-corrected chi connectivity index (χ0v) is 10.5. The van der Waals surface area contributed by atoms with Gasteiger partial charge in [-0.15, -0.1) is 0 Å². The monoisotopic (exact) mass is 305 g/mol. The number of nitrogens with one attached hydrogen (secondary N) is 1. The minimum Gasteiger partial charge on any atom is -0.480 e. The number of carboxylic acid groups (broad SMARTS) is 1. The third-order valence-corrected chi connectivity index (χ3v) is 2.86. The normalized spacial score (nSPS) is 11.9. The molecule has 0 fully saturated rings. The van der Waals surface area contributed by atoms with Crippen molar-refractivity contribution < 1.29 is 14.7 Å². The van der Waals surface area contributed by atoms with Crippen LogP contribution in [0.3, 0.4) is 0 Å². The topological polar surface area (TPSA) is 66.4 Å². The number of carbonyl (C=O) groups excluding carboxylic acids is 1. The van der Waals surface area contributed by atoms with Crippen molar-refractivity contribution in [2.45, 2.75) is 12.5 Å². The molecule has 0 radical (unpaired) electrons. The molecule has 86 valence electrons. The molecule has 1 amide bonds. The second kappa shape index (κ2) is 5.86. The molecule has 0 aliphatic rings. The first-order valence-electron chi connectivity index (χ1n) is 4.41. The van der Waals surface area contributed by atoms with Gasteiger partial charge in [-0.3, -0.25) is 4.79 Å². The molecule has 0 spiro atoms. The maximum atomic E-state index is 10.8. The van der Waals surface area contributed by atoms with Crippen molar-refractivity contribution in [2.75, 3.05) is 0 Å². The lowest BCUT2D eigenvalue weighted by Crippen LogP contribution is -2.37. The molecule has 6 heteroatoms. The Hall–Kier alpha value is -1.07. The number of aliphatic carboxylic acids is 1. The Labute approximate surface area is 106 Å². The first kappa shape index (κ1) is 13.0. The Morgan fingerprint density at radius 2 is 2.31 bits per heavy atom. The Bertz CT molecular complexity index is 411. The van der Waals surface area contributed by atoms with Crippen LogP contribution >= 0.6 is 27.5 Å². The molecule has 1 unspecified atom stereocenters. The Morgan fingerprint density at radius 3 is 2.88 bits per heavy atom. The fourth-order valence-corrected chi connectivity index (χ4v) is 1.82. The van der Waals surface area contributed by atoms with Gasteiger partial charge >= 0.3 is 5.97 Å². The SMILES string of the molecule is O=CNC(Cc1cc(Br)ccc1Cl)C(=O)O. The summed E-state index contributed by atoms with van der Waals surface area (Å²) in [6.45, 7) is 0. The fourth-order valence-electron chi connectivity index (χ4n) is 1.22. The van der Waals surface area contributed by atoms with Gasteiger partial charge in [-0.05, 0) is 23.8 Å². The molecule has 0 saturated carbocycles. The molecule has 4 nitrogen and oxygen atoms in total. The van der Waals surface area contributed by atoms with Crippen molar-refractivity contribution in [3.05, 3.63) is 33.3 Å². The molecular formula is C10H9BrClNO3. The average molecular weight is 307 g/mol. The van der Waals surface area contributed by atoms with Gasteiger partial charge in [0.15, 0.2) is 0 Å². The average Bonchev–Trinajstić information content (AvgIpc) is 2.22. The number of halogens is 2. The summed E-state index contributed by atoms with van der Waals surface area (Å²) in [4.78, 5) is 21.1. The van der Waals surface area contributed by atoms with Crippen molar-refractivity contribution >= 4 is 39.9 Å². The third kappa shape index (κ3) is 3.50. The molecule has 1 aromatic carbocycles. The second-order valence-electron chi connectivity index (χ2n) is 3.12. The van der Waals surface area contributed by atoms with Crippen molar-refractivity contribution in [1.29, 1.82) is 0 Å². The minimum atomic E-state index is -1.09. The van der Waals surface area contributed by atoms with Crippen molar-refractivity contribution in [3.8, 4) is 0 Å². The van der Waals surface area contributed by atoms with Crippen molar-refractivity contribution in [2.24, 2.45) is 0 Å². The summed E-state index contributed by atoms with van der Waals surface area (Å²) in [5.74, 6) is -1.09. The van der Waals surface area contributed by atoms with E-state index in [9.17, 15) is 9.59 Å². The van der Waals surface area contributed by atoms with Crippen molar-refractivity contribution in [1.82, 2.24) is 5.32 Å². The van der Waals surface area contributed by atoms with Crippen LogP contribution < -0.4 is 5.32 Å². The van der Waals surface area contributed by atoms with E-state index >= 15 is 0 Å². The summed E-state index contributed by atoms with van der Waals surface area (Å²) in [7, 11) is 0. The number of carboxylic acids is 1. The summed E-state index contributed by atoms with van der Waals surface area (Å²) in [5, 5.41) is 11.5. The number of rotatable bonds is 5. The molecule has 0 saturated heterocycles. The van der Waals surface area contributed by atoms with Crippen LogP contribution in [0.4, 0.5) is 0 Å². The lowest BCUT2D eigenvalue weighted by molar-refractivity contribution is -0.140. The zero-order valence-electron chi connectivity index (χ0n) is 8.11. The second-order valence-corrected chi connectivity index (χ2v) is 4.44. The number of carbonyl (C=O) groups is 2. The number of benzene rings is 1. The van der Waals surface area contributed by atoms with Crippen LogP contribution in [-0.2, 0) is 16.0 Å². The van der Waals surface area contributed by atoms with E-state index in [1.807, 2.05) is 0 Å². The number of amides is 1. The predicted octanol–water partition coefficient (Wildman–Crippen LogP) is 1.84. The standard InChI is InChI=1S/C10H9BrClNO3/c11-7-1-2-8(12)6(3-7)4-9(10(15)16)13-5-14/h1-3,5,9H,4H2,(H,13,14)(H,15,16). The van der Waals surface area contributed by atoms with Crippen LogP contribution in [0.5, 0.6) is 0 Å². The van der Waals surface area contributed by atoms with Crippen LogP contribution in [0, 0.1) is 0 Å². The molecule has 1 rings (SSSR count). The largest absolute Gasteiger partial charge is 0.480 e. The summed E-state index contributed by atoms with van der Waals surface area (Å²) >= 11 is 9.18. The highest BCUT2D eigenvalue weighted by molar-refractivity contribution is 9.10. The van der Waals surface area contributed by atoms with Gasteiger partial charge in [0, 0.05) is 15.9 Å². The highest BCUT2D eigenvalue weighted by atomic mass is 79.9. The molecule has 0 bridgehead atoms. The number of hydrogen-bond acceptors (Lipinski definition) is 2.